The zero-order valence-corrected chi connectivity index (χ0v) is 37.6. The van der Waals surface area contributed by atoms with E-state index in [-0.39, 0.29) is 25.4 Å². The van der Waals surface area contributed by atoms with Gasteiger partial charge < -0.3 is 49.4 Å². The first-order valence-corrected chi connectivity index (χ1v) is 23.2. The third-order valence-electron chi connectivity index (χ3n) is 12.5. The van der Waals surface area contributed by atoms with E-state index in [0.29, 0.717) is 25.0 Å². The van der Waals surface area contributed by atoms with Gasteiger partial charge in [-0.25, -0.2) is 19.9 Å². The van der Waals surface area contributed by atoms with Crippen LogP contribution in [-0.4, -0.2) is 134 Å². The molecule has 0 amide bonds. The number of hydrogen-bond acceptors (Lipinski definition) is 18. The summed E-state index contributed by atoms with van der Waals surface area (Å²) in [7, 11) is 0. The number of likely N-dealkylation sites (N-methyl/N-ethyl adjacent to an activating group) is 1. The summed E-state index contributed by atoms with van der Waals surface area (Å²) in [5, 5.41) is 29.0. The molecule has 0 spiro atoms. The molecule has 18 heteroatoms. The molecule has 2 saturated heterocycles. The molecular weight excluding hydrogens is 841 g/mol. The number of nitrogens with zero attached hydrogens (tertiary/aromatic N) is 9. The highest BCUT2D eigenvalue weighted by molar-refractivity contribution is 5.65. The molecule has 2 aromatic carbocycles. The molecule has 8 heterocycles. The topological polar surface area (TPSA) is 208 Å². The predicted molar refractivity (Wildman–Crippen MR) is 251 cm³/mol. The summed E-state index contributed by atoms with van der Waals surface area (Å²) in [6, 6.07) is 15.9. The molecule has 2 unspecified atom stereocenters. The molecule has 2 fully saturated rings. The lowest BCUT2D eigenvalue weighted by Crippen LogP contribution is -2.38. The normalized spacial score (nSPS) is 18.3. The van der Waals surface area contributed by atoms with Crippen LogP contribution in [0.4, 0.5) is 34.9 Å². The fraction of sp³-hybridized carbons (Fsp3) is 0.458. The molecule has 10 rings (SSSR count). The molecule has 6 aromatic rings. The standard InChI is InChI=1S/C25H32N6O3.C23H28N6O3/c1-2-31(15-20-4-3-13-33-20)24-21-16-30(11-12-32)10-9-22(21)28-25(29-24)27-19-7-5-18(6-8-19)23-14-26-17-34-23;30-10-9-29-8-7-20-19(14-29)22(25-12-18-2-1-11-31-18)28-23(27-20)26-17-5-3-16(4-6-17)21-13-24-15-32-21/h5-8,14,17,20,32H,2-4,9-13,15-16H2,1H3,(H,27,28,29);3-6,13,15,18,30H,1-2,7-12,14H2,(H2,25,26,27,28). The highest BCUT2D eigenvalue weighted by Gasteiger charge is 2.28. The molecular formula is C48H60N12O6. The maximum Gasteiger partial charge on any atom is 0.229 e. The highest BCUT2D eigenvalue weighted by atomic mass is 16.5. The molecule has 0 saturated carbocycles. The largest absolute Gasteiger partial charge is 0.444 e. The number of aliphatic hydroxyl groups is 2. The SMILES string of the molecule is CCN(CC1CCCO1)c1nc(Nc2ccc(-c3cnco3)cc2)nc2c1CN(CCO)CC2.OCCN1CCc2nc(Nc3ccc(-c4cnco4)cc3)nc(NCC3CCCO3)c2C1. The van der Waals surface area contributed by atoms with Crippen LogP contribution in [0, 0.1) is 0 Å². The Morgan fingerprint density at radius 3 is 1.74 bits per heavy atom. The molecule has 18 nitrogen and oxygen atoms in total. The summed E-state index contributed by atoms with van der Waals surface area (Å²) >= 11 is 0. The van der Waals surface area contributed by atoms with E-state index in [1.54, 1.807) is 12.4 Å². The summed E-state index contributed by atoms with van der Waals surface area (Å²) in [5.74, 6) is 4.44. The Labute approximate surface area is 384 Å². The third kappa shape index (κ3) is 11.3. The molecule has 2 atom stereocenters. The highest BCUT2D eigenvalue weighted by Crippen LogP contribution is 2.32. The predicted octanol–water partition coefficient (Wildman–Crippen LogP) is 6.05. The lowest BCUT2D eigenvalue weighted by molar-refractivity contribution is 0.115. The molecule has 4 aliphatic heterocycles. The average Bonchev–Trinajstić information content (AvgIpc) is 4.21. The van der Waals surface area contributed by atoms with Gasteiger partial charge in [0.2, 0.25) is 11.9 Å². The molecule has 4 aromatic heterocycles. The zero-order valence-electron chi connectivity index (χ0n) is 37.6. The van der Waals surface area contributed by atoms with Crippen LogP contribution in [-0.2, 0) is 35.4 Å². The minimum absolute atomic E-state index is 0.151. The van der Waals surface area contributed by atoms with Gasteiger partial charge in [-0.1, -0.05) is 0 Å². The van der Waals surface area contributed by atoms with Gasteiger partial charge >= 0.3 is 0 Å². The van der Waals surface area contributed by atoms with E-state index in [4.69, 9.17) is 38.2 Å². The number of aromatic nitrogens is 6. The number of ether oxygens (including phenoxy) is 2. The van der Waals surface area contributed by atoms with Crippen molar-refractivity contribution < 1.29 is 28.5 Å². The van der Waals surface area contributed by atoms with Gasteiger partial charge in [-0.05, 0) is 81.1 Å². The fourth-order valence-electron chi connectivity index (χ4n) is 8.93. The minimum atomic E-state index is 0.151. The molecule has 348 valence electrons. The van der Waals surface area contributed by atoms with Crippen LogP contribution < -0.4 is 20.9 Å². The Hall–Kier alpha value is -6.02. The molecule has 4 aliphatic rings. The summed E-state index contributed by atoms with van der Waals surface area (Å²) in [6.07, 6.45) is 12.8. The van der Waals surface area contributed by atoms with E-state index in [0.717, 1.165) is 166 Å². The van der Waals surface area contributed by atoms with Gasteiger partial charge in [-0.2, -0.15) is 9.97 Å². The quantitative estimate of drug-likeness (QED) is 0.0706. The van der Waals surface area contributed by atoms with E-state index in [2.05, 4.69) is 47.5 Å². The first kappa shape index (κ1) is 45.1. The Kier molecular flexibility index (Phi) is 15.0. The number of aliphatic hydroxyl groups excluding tert-OH is 2. The fourth-order valence-corrected chi connectivity index (χ4v) is 8.93. The molecule has 66 heavy (non-hydrogen) atoms. The van der Waals surface area contributed by atoms with Crippen LogP contribution in [0.15, 0.2) is 82.5 Å². The van der Waals surface area contributed by atoms with Crippen molar-refractivity contribution in [2.45, 2.75) is 70.7 Å². The van der Waals surface area contributed by atoms with E-state index >= 15 is 0 Å². The van der Waals surface area contributed by atoms with Crippen LogP contribution in [0.25, 0.3) is 22.6 Å². The van der Waals surface area contributed by atoms with Gasteiger partial charge in [0.05, 0.1) is 49.2 Å². The summed E-state index contributed by atoms with van der Waals surface area (Å²) < 4.78 is 22.4. The Bertz CT molecular complexity index is 2430. The lowest BCUT2D eigenvalue weighted by atomic mass is 10.1. The first-order valence-electron chi connectivity index (χ1n) is 23.2. The van der Waals surface area contributed by atoms with Crippen molar-refractivity contribution in [1.82, 2.24) is 39.7 Å². The second-order valence-corrected chi connectivity index (χ2v) is 16.9. The van der Waals surface area contributed by atoms with Gasteiger partial charge in [0, 0.05) is 119 Å². The van der Waals surface area contributed by atoms with Crippen molar-refractivity contribution >= 4 is 34.9 Å². The number of benzene rings is 2. The molecule has 0 aliphatic carbocycles. The van der Waals surface area contributed by atoms with Gasteiger partial charge in [-0.3, -0.25) is 9.80 Å². The number of β-amino-alcohol motifs (C(OH)–C–C–N with tert-alkyl or cyclic N) is 2. The smallest absolute Gasteiger partial charge is 0.229 e. The Morgan fingerprint density at radius 2 is 1.23 bits per heavy atom. The van der Waals surface area contributed by atoms with Crippen molar-refractivity contribution in [2.24, 2.45) is 0 Å². The molecule has 5 N–H and O–H groups in total. The second-order valence-electron chi connectivity index (χ2n) is 16.9. The number of anilines is 6. The van der Waals surface area contributed by atoms with Crippen molar-refractivity contribution in [3.63, 3.8) is 0 Å². The van der Waals surface area contributed by atoms with Crippen molar-refractivity contribution in [3.8, 4) is 22.6 Å². The average molecular weight is 901 g/mol. The Morgan fingerprint density at radius 1 is 0.682 bits per heavy atom. The van der Waals surface area contributed by atoms with Crippen LogP contribution in [0.1, 0.15) is 55.1 Å². The molecule has 0 bridgehead atoms. The van der Waals surface area contributed by atoms with Crippen LogP contribution in [0.5, 0.6) is 0 Å². The third-order valence-corrected chi connectivity index (χ3v) is 12.5. The van der Waals surface area contributed by atoms with E-state index in [1.807, 2.05) is 48.5 Å². The molecule has 0 radical (unpaired) electrons. The van der Waals surface area contributed by atoms with Crippen LogP contribution in [0.3, 0.4) is 0 Å². The number of rotatable bonds is 17. The Balaban J connectivity index is 0.000000166. The maximum atomic E-state index is 9.45. The monoisotopic (exact) mass is 900 g/mol. The van der Waals surface area contributed by atoms with Crippen LogP contribution in [0.2, 0.25) is 0 Å². The van der Waals surface area contributed by atoms with Gasteiger partial charge in [0.1, 0.15) is 11.6 Å². The van der Waals surface area contributed by atoms with E-state index in [1.165, 1.54) is 12.8 Å². The number of hydrogen-bond donors (Lipinski definition) is 5. The summed E-state index contributed by atoms with van der Waals surface area (Å²) in [5.41, 5.74) is 8.12. The summed E-state index contributed by atoms with van der Waals surface area (Å²) in [6.45, 7) is 11.1. The maximum absolute atomic E-state index is 9.45. The number of nitrogens with one attached hydrogen (secondary N) is 3. The van der Waals surface area contributed by atoms with Gasteiger partial charge in [0.25, 0.3) is 0 Å². The lowest BCUT2D eigenvalue weighted by Gasteiger charge is -2.33. The van der Waals surface area contributed by atoms with Crippen LogP contribution >= 0.6 is 0 Å². The number of fused-ring (bicyclic) bond motifs is 2. The van der Waals surface area contributed by atoms with Crippen molar-refractivity contribution in [3.05, 3.63) is 96.2 Å². The van der Waals surface area contributed by atoms with Crippen molar-refractivity contribution in [2.75, 3.05) is 93.1 Å². The van der Waals surface area contributed by atoms with E-state index in [9.17, 15) is 10.2 Å². The van der Waals surface area contributed by atoms with Gasteiger partial charge in [0.15, 0.2) is 24.3 Å². The second kappa shape index (κ2) is 22.0. The van der Waals surface area contributed by atoms with E-state index < -0.39 is 0 Å². The summed E-state index contributed by atoms with van der Waals surface area (Å²) in [4.78, 5) is 34.3. The van der Waals surface area contributed by atoms with Crippen molar-refractivity contribution in [1.29, 1.82) is 0 Å². The van der Waals surface area contributed by atoms with Gasteiger partial charge in [-0.15, -0.1) is 0 Å². The zero-order chi connectivity index (χ0) is 45.1. The minimum Gasteiger partial charge on any atom is -0.444 e. The first-order chi connectivity index (χ1) is 32.5. The number of oxazole rings is 2.